The van der Waals surface area contributed by atoms with Crippen LogP contribution in [0.25, 0.3) is 5.69 Å². The van der Waals surface area contributed by atoms with Gasteiger partial charge in [-0.2, -0.15) is 5.10 Å². The summed E-state index contributed by atoms with van der Waals surface area (Å²) in [6.07, 6.45) is 3.30. The van der Waals surface area contributed by atoms with E-state index in [1.807, 2.05) is 31.2 Å². The summed E-state index contributed by atoms with van der Waals surface area (Å²) in [4.78, 5) is 13.9. The van der Waals surface area contributed by atoms with Gasteiger partial charge in [-0.05, 0) is 25.1 Å². The number of carbonyl (C=O) groups excluding carboxylic acids is 1. The molecule has 0 aliphatic carbocycles. The molecular weight excluding hydrogens is 320 g/mol. The van der Waals surface area contributed by atoms with E-state index in [-0.39, 0.29) is 11.9 Å². The number of likely N-dealkylation sites (N-methyl/N-ethyl adjacent to an activating group) is 1. The Morgan fingerprint density at radius 2 is 2.30 bits per heavy atom. The highest BCUT2D eigenvalue weighted by atomic mass is 79.9. The van der Waals surface area contributed by atoms with Gasteiger partial charge in [-0.15, -0.1) is 0 Å². The number of aromatic nitrogens is 2. The molecule has 106 valence electrons. The van der Waals surface area contributed by atoms with Crippen molar-refractivity contribution in [3.63, 3.8) is 0 Å². The van der Waals surface area contributed by atoms with Gasteiger partial charge in [0.15, 0.2) is 0 Å². The van der Waals surface area contributed by atoms with E-state index in [4.69, 9.17) is 5.73 Å². The molecule has 0 aliphatic rings. The quantitative estimate of drug-likeness (QED) is 0.929. The maximum Gasteiger partial charge on any atom is 0.257 e. The molecule has 6 heteroatoms. The molecule has 1 atom stereocenters. The van der Waals surface area contributed by atoms with E-state index >= 15 is 0 Å². The van der Waals surface area contributed by atoms with Gasteiger partial charge >= 0.3 is 0 Å². The summed E-state index contributed by atoms with van der Waals surface area (Å²) in [6, 6.07) is 7.73. The van der Waals surface area contributed by atoms with E-state index in [0.717, 1.165) is 10.2 Å². The Morgan fingerprint density at radius 1 is 1.55 bits per heavy atom. The average Bonchev–Trinajstić information content (AvgIpc) is 2.94. The van der Waals surface area contributed by atoms with Crippen molar-refractivity contribution < 1.29 is 4.79 Å². The summed E-state index contributed by atoms with van der Waals surface area (Å²) in [7, 11) is 1.75. The highest BCUT2D eigenvalue weighted by Gasteiger charge is 2.18. The first kappa shape index (κ1) is 14.7. The number of nitrogens with two attached hydrogens (primary N) is 1. The molecule has 20 heavy (non-hydrogen) atoms. The van der Waals surface area contributed by atoms with Crippen molar-refractivity contribution in [2.75, 3.05) is 13.6 Å². The molecule has 0 bridgehead atoms. The molecule has 1 aromatic carbocycles. The molecule has 0 saturated carbocycles. The van der Waals surface area contributed by atoms with Crippen LogP contribution in [0.15, 0.2) is 41.1 Å². The highest BCUT2D eigenvalue weighted by molar-refractivity contribution is 9.10. The molecule has 2 rings (SSSR count). The van der Waals surface area contributed by atoms with Crippen molar-refractivity contribution in [2.45, 2.75) is 13.0 Å². The second kappa shape index (κ2) is 6.19. The Kier molecular flexibility index (Phi) is 4.57. The minimum absolute atomic E-state index is 0.00304. The first-order valence-corrected chi connectivity index (χ1v) is 7.10. The van der Waals surface area contributed by atoms with E-state index in [1.165, 1.54) is 0 Å². The van der Waals surface area contributed by atoms with Gasteiger partial charge in [-0.3, -0.25) is 4.79 Å². The summed E-state index contributed by atoms with van der Waals surface area (Å²) < 4.78 is 2.64. The Balaban J connectivity index is 2.23. The molecule has 1 heterocycles. The largest absolute Gasteiger partial charge is 0.338 e. The van der Waals surface area contributed by atoms with Crippen molar-refractivity contribution in [3.8, 4) is 5.69 Å². The third-order valence-corrected chi connectivity index (χ3v) is 3.72. The van der Waals surface area contributed by atoms with Gasteiger partial charge in [-0.1, -0.05) is 22.0 Å². The van der Waals surface area contributed by atoms with Gasteiger partial charge in [0, 0.05) is 30.3 Å². The first-order chi connectivity index (χ1) is 9.52. The van der Waals surface area contributed by atoms with E-state index in [0.29, 0.717) is 12.1 Å². The topological polar surface area (TPSA) is 64.2 Å². The zero-order valence-electron chi connectivity index (χ0n) is 11.5. The van der Waals surface area contributed by atoms with Crippen LogP contribution in [0.3, 0.4) is 0 Å². The molecule has 1 amide bonds. The van der Waals surface area contributed by atoms with Gasteiger partial charge in [0.1, 0.15) is 0 Å². The molecule has 2 aromatic rings. The third-order valence-electron chi connectivity index (χ3n) is 3.22. The number of hydrogen-bond donors (Lipinski definition) is 1. The lowest BCUT2D eigenvalue weighted by Crippen LogP contribution is -2.39. The lowest BCUT2D eigenvalue weighted by atomic mass is 10.2. The fourth-order valence-electron chi connectivity index (χ4n) is 1.75. The number of nitrogens with zero attached hydrogens (tertiary/aromatic N) is 3. The second-order valence-electron chi connectivity index (χ2n) is 4.65. The molecule has 0 fully saturated rings. The van der Waals surface area contributed by atoms with Crippen LogP contribution in [0.5, 0.6) is 0 Å². The van der Waals surface area contributed by atoms with Gasteiger partial charge in [0.2, 0.25) is 0 Å². The zero-order chi connectivity index (χ0) is 14.7. The smallest absolute Gasteiger partial charge is 0.257 e. The monoisotopic (exact) mass is 336 g/mol. The maximum absolute atomic E-state index is 12.3. The first-order valence-electron chi connectivity index (χ1n) is 6.30. The number of hydrogen-bond acceptors (Lipinski definition) is 3. The molecule has 2 N–H and O–H groups in total. The maximum atomic E-state index is 12.3. The molecule has 0 spiro atoms. The second-order valence-corrected chi connectivity index (χ2v) is 5.57. The Hall–Kier alpha value is -1.66. The SMILES string of the molecule is CC(CN)N(C)C(=O)c1cnn(-c2cccc(Br)c2)c1. The minimum atomic E-state index is -0.0794. The fourth-order valence-corrected chi connectivity index (χ4v) is 2.14. The van der Waals surface area contributed by atoms with E-state index in [1.54, 1.807) is 29.0 Å². The zero-order valence-corrected chi connectivity index (χ0v) is 13.0. The summed E-state index contributed by atoms with van der Waals surface area (Å²) in [5.74, 6) is -0.0794. The Bertz CT molecular complexity index is 611. The summed E-state index contributed by atoms with van der Waals surface area (Å²) >= 11 is 3.42. The number of amides is 1. The van der Waals surface area contributed by atoms with Crippen molar-refractivity contribution in [1.82, 2.24) is 14.7 Å². The third kappa shape index (κ3) is 3.08. The van der Waals surface area contributed by atoms with Gasteiger partial charge in [-0.25, -0.2) is 4.68 Å². The highest BCUT2D eigenvalue weighted by Crippen LogP contribution is 2.16. The van der Waals surface area contributed by atoms with Crippen molar-refractivity contribution >= 4 is 21.8 Å². The lowest BCUT2D eigenvalue weighted by molar-refractivity contribution is 0.0748. The van der Waals surface area contributed by atoms with Crippen LogP contribution < -0.4 is 5.73 Å². The number of rotatable bonds is 4. The van der Waals surface area contributed by atoms with E-state index in [9.17, 15) is 4.79 Å². The normalized spacial score (nSPS) is 12.2. The van der Waals surface area contributed by atoms with Gasteiger partial charge < -0.3 is 10.6 Å². The van der Waals surface area contributed by atoms with E-state index in [2.05, 4.69) is 21.0 Å². The number of halogens is 1. The molecule has 1 aromatic heterocycles. The standard InChI is InChI=1S/C14H17BrN4O/c1-10(7-16)18(2)14(20)11-8-17-19(9-11)13-5-3-4-12(15)6-13/h3-6,8-10H,7,16H2,1-2H3. The molecule has 1 unspecified atom stereocenters. The molecule has 0 radical (unpaired) electrons. The van der Waals surface area contributed by atoms with Crippen LogP contribution in [0.1, 0.15) is 17.3 Å². The minimum Gasteiger partial charge on any atom is -0.338 e. The van der Waals surface area contributed by atoms with Crippen molar-refractivity contribution in [3.05, 3.63) is 46.7 Å². The predicted octanol–water partition coefficient (Wildman–Crippen LogP) is 2.05. The number of carbonyl (C=O) groups is 1. The number of benzene rings is 1. The van der Waals surface area contributed by atoms with Crippen LogP contribution >= 0.6 is 15.9 Å². The lowest BCUT2D eigenvalue weighted by Gasteiger charge is -2.22. The van der Waals surface area contributed by atoms with Crippen LogP contribution in [-0.4, -0.2) is 40.2 Å². The molecular formula is C14H17BrN4O. The summed E-state index contributed by atoms with van der Waals surface area (Å²) in [5.41, 5.74) is 7.03. The average molecular weight is 337 g/mol. The van der Waals surface area contributed by atoms with E-state index < -0.39 is 0 Å². The Morgan fingerprint density at radius 3 is 2.95 bits per heavy atom. The van der Waals surface area contributed by atoms with Crippen LogP contribution in [-0.2, 0) is 0 Å². The fraction of sp³-hybridized carbons (Fsp3) is 0.286. The summed E-state index contributed by atoms with van der Waals surface area (Å²) in [5, 5.41) is 4.23. The predicted molar refractivity (Wildman–Crippen MR) is 81.9 cm³/mol. The van der Waals surface area contributed by atoms with Gasteiger partial charge in [0.05, 0.1) is 17.4 Å². The molecule has 5 nitrogen and oxygen atoms in total. The molecule has 0 aliphatic heterocycles. The van der Waals surface area contributed by atoms with Crippen LogP contribution in [0, 0.1) is 0 Å². The summed E-state index contributed by atoms with van der Waals surface area (Å²) in [6.45, 7) is 2.35. The molecule has 0 saturated heterocycles. The van der Waals surface area contributed by atoms with Gasteiger partial charge in [0.25, 0.3) is 5.91 Å². The van der Waals surface area contributed by atoms with Crippen molar-refractivity contribution in [1.29, 1.82) is 0 Å². The van der Waals surface area contributed by atoms with Crippen LogP contribution in [0.4, 0.5) is 0 Å². The Labute approximate surface area is 126 Å². The van der Waals surface area contributed by atoms with Crippen LogP contribution in [0.2, 0.25) is 0 Å². The van der Waals surface area contributed by atoms with Crippen molar-refractivity contribution in [2.24, 2.45) is 5.73 Å².